The second kappa shape index (κ2) is 10.1. The summed E-state index contributed by atoms with van der Waals surface area (Å²) in [4.78, 5) is 22.3. The molecule has 0 saturated carbocycles. The molecule has 14 heteroatoms. The van der Waals surface area contributed by atoms with Crippen molar-refractivity contribution in [3.63, 3.8) is 0 Å². The number of rotatable bonds is 9. The number of nitrogens with one attached hydrogen (secondary N) is 2. The third kappa shape index (κ3) is 8.52. The van der Waals surface area contributed by atoms with Gasteiger partial charge in [-0.25, -0.2) is 0 Å². The van der Waals surface area contributed by atoms with Crippen molar-refractivity contribution in [3.8, 4) is 6.01 Å². The molecule has 0 aliphatic carbocycles. The molecule has 31 heavy (non-hydrogen) atoms. The second-order valence-corrected chi connectivity index (χ2v) is 5.98. The predicted molar refractivity (Wildman–Crippen MR) is 95.8 cm³/mol. The number of esters is 1. The number of anilines is 3. The van der Waals surface area contributed by atoms with E-state index in [1.54, 1.807) is 0 Å². The first-order chi connectivity index (χ1) is 14.5. The van der Waals surface area contributed by atoms with E-state index in [9.17, 15) is 31.1 Å². The Morgan fingerprint density at radius 2 is 1.77 bits per heavy atom. The van der Waals surface area contributed by atoms with Crippen LogP contribution in [0.2, 0.25) is 0 Å². The summed E-state index contributed by atoms with van der Waals surface area (Å²) in [6.07, 6.45) is -8.88. The van der Waals surface area contributed by atoms with Crippen molar-refractivity contribution in [3.05, 3.63) is 29.8 Å². The maximum absolute atomic E-state index is 12.9. The lowest BCUT2D eigenvalue weighted by Crippen LogP contribution is -2.21. The van der Waals surface area contributed by atoms with Crippen LogP contribution in [0.4, 0.5) is 43.9 Å². The number of alkyl halides is 6. The number of hydrogen-bond acceptors (Lipinski definition) is 8. The first-order valence-corrected chi connectivity index (χ1v) is 8.67. The molecule has 1 heterocycles. The van der Waals surface area contributed by atoms with E-state index in [2.05, 4.69) is 35.1 Å². The van der Waals surface area contributed by atoms with Crippen LogP contribution in [0.1, 0.15) is 18.4 Å². The molecule has 2 N–H and O–H groups in total. The Morgan fingerprint density at radius 3 is 2.42 bits per heavy atom. The van der Waals surface area contributed by atoms with Crippen LogP contribution in [0.25, 0.3) is 0 Å². The lowest BCUT2D eigenvalue weighted by Gasteiger charge is -2.13. The molecule has 0 aliphatic rings. The maximum atomic E-state index is 12.9. The molecular formula is C17H17F6N5O3. The summed E-state index contributed by atoms with van der Waals surface area (Å²) >= 11 is 0. The van der Waals surface area contributed by atoms with Crippen LogP contribution in [0.5, 0.6) is 6.01 Å². The molecule has 0 fully saturated rings. The lowest BCUT2D eigenvalue weighted by atomic mass is 10.2. The number of carbonyl (C=O) groups is 1. The SMILES string of the molecule is COC(=O)CCCNc1nc(Nc2cccc(C(F)(F)F)c2)nc(OCC(F)(F)F)n1. The minimum atomic E-state index is -4.66. The Hall–Kier alpha value is -3.32. The number of nitrogens with zero attached hydrogens (tertiary/aromatic N) is 3. The normalized spacial score (nSPS) is 11.7. The third-order valence-corrected chi connectivity index (χ3v) is 3.49. The summed E-state index contributed by atoms with van der Waals surface area (Å²) in [7, 11) is 1.22. The monoisotopic (exact) mass is 453 g/mol. The second-order valence-electron chi connectivity index (χ2n) is 5.98. The molecule has 0 bridgehead atoms. The standard InChI is InChI=1S/C17H17F6N5O3/c1-30-12(29)6-3-7-24-13-26-14(28-15(27-13)31-9-16(18,19)20)25-11-5-2-4-10(8-11)17(21,22)23/h2,4-5,8H,3,6-7,9H2,1H3,(H2,24,25,26,27,28). The summed E-state index contributed by atoms with van der Waals surface area (Å²) in [6, 6.07) is 3.36. The van der Waals surface area contributed by atoms with Crippen molar-refractivity contribution in [2.45, 2.75) is 25.2 Å². The van der Waals surface area contributed by atoms with Crippen molar-refractivity contribution in [2.75, 3.05) is 30.9 Å². The molecule has 0 radical (unpaired) electrons. The van der Waals surface area contributed by atoms with E-state index in [1.165, 1.54) is 13.2 Å². The minimum Gasteiger partial charge on any atom is -0.469 e. The zero-order valence-corrected chi connectivity index (χ0v) is 16.0. The third-order valence-electron chi connectivity index (χ3n) is 3.49. The van der Waals surface area contributed by atoms with Crippen molar-refractivity contribution in [1.82, 2.24) is 15.0 Å². The van der Waals surface area contributed by atoms with E-state index >= 15 is 0 Å². The molecule has 0 aliphatic heterocycles. The fourth-order valence-corrected chi connectivity index (χ4v) is 2.14. The number of hydrogen-bond donors (Lipinski definition) is 2. The summed E-state index contributed by atoms with van der Waals surface area (Å²) in [6.45, 7) is -1.53. The zero-order chi connectivity index (χ0) is 23.1. The molecule has 2 aromatic rings. The van der Waals surface area contributed by atoms with Crippen LogP contribution in [0.3, 0.4) is 0 Å². The summed E-state index contributed by atoms with van der Waals surface area (Å²) < 4.78 is 84.9. The van der Waals surface area contributed by atoms with Crippen molar-refractivity contribution in [2.24, 2.45) is 0 Å². The summed E-state index contributed by atoms with van der Waals surface area (Å²) in [5.41, 5.74) is -0.999. The molecular weight excluding hydrogens is 436 g/mol. The van der Waals surface area contributed by atoms with Crippen LogP contribution >= 0.6 is 0 Å². The van der Waals surface area contributed by atoms with Crippen LogP contribution in [0.15, 0.2) is 24.3 Å². The van der Waals surface area contributed by atoms with Crippen molar-refractivity contribution >= 4 is 23.6 Å². The van der Waals surface area contributed by atoms with Gasteiger partial charge in [-0.2, -0.15) is 41.3 Å². The first-order valence-electron chi connectivity index (χ1n) is 8.67. The number of benzene rings is 1. The number of methoxy groups -OCH3 is 1. The fraction of sp³-hybridized carbons (Fsp3) is 0.412. The molecule has 2 rings (SSSR count). The highest BCUT2D eigenvalue weighted by Gasteiger charge is 2.31. The quantitative estimate of drug-likeness (QED) is 0.335. The van der Waals surface area contributed by atoms with Gasteiger partial charge in [0.15, 0.2) is 6.61 Å². The summed E-state index contributed by atoms with van der Waals surface area (Å²) in [5.74, 6) is -1.01. The van der Waals surface area contributed by atoms with Crippen LogP contribution in [0, 0.1) is 0 Å². The average molecular weight is 453 g/mol. The molecule has 0 unspecified atom stereocenters. The molecule has 8 nitrogen and oxygen atoms in total. The van der Waals surface area contributed by atoms with Gasteiger partial charge in [-0.3, -0.25) is 4.79 Å². The minimum absolute atomic E-state index is 0.0561. The highest BCUT2D eigenvalue weighted by Crippen LogP contribution is 2.31. The molecule has 0 amide bonds. The molecule has 1 aromatic heterocycles. The number of carbonyl (C=O) groups excluding carboxylic acids is 1. The van der Waals surface area contributed by atoms with Gasteiger partial charge < -0.3 is 20.1 Å². The Morgan fingerprint density at radius 1 is 1.06 bits per heavy atom. The zero-order valence-electron chi connectivity index (χ0n) is 16.0. The Labute approximate surface area is 172 Å². The van der Waals surface area contributed by atoms with Gasteiger partial charge in [-0.1, -0.05) is 6.07 Å². The molecule has 0 saturated heterocycles. The molecule has 170 valence electrons. The van der Waals surface area contributed by atoms with Gasteiger partial charge in [0, 0.05) is 18.7 Å². The van der Waals surface area contributed by atoms with Crippen molar-refractivity contribution < 1.29 is 40.6 Å². The maximum Gasteiger partial charge on any atom is 0.422 e. The molecule has 0 spiro atoms. The average Bonchev–Trinajstić information content (AvgIpc) is 2.68. The first kappa shape index (κ1) is 24.0. The number of ether oxygens (including phenoxy) is 2. The lowest BCUT2D eigenvalue weighted by molar-refractivity contribution is -0.154. The van der Waals surface area contributed by atoms with Crippen LogP contribution in [-0.2, 0) is 15.7 Å². The largest absolute Gasteiger partial charge is 0.469 e. The molecule has 0 atom stereocenters. The molecule has 1 aromatic carbocycles. The van der Waals surface area contributed by atoms with Gasteiger partial charge >= 0.3 is 24.3 Å². The number of aromatic nitrogens is 3. The van der Waals surface area contributed by atoms with E-state index in [0.717, 1.165) is 18.2 Å². The van der Waals surface area contributed by atoms with E-state index in [0.29, 0.717) is 6.42 Å². The van der Waals surface area contributed by atoms with Crippen LogP contribution < -0.4 is 15.4 Å². The van der Waals surface area contributed by atoms with Crippen molar-refractivity contribution in [1.29, 1.82) is 0 Å². The smallest absolute Gasteiger partial charge is 0.422 e. The van der Waals surface area contributed by atoms with E-state index in [1.807, 2.05) is 0 Å². The summed E-state index contributed by atoms with van der Waals surface area (Å²) in [5, 5.41) is 5.15. The van der Waals surface area contributed by atoms with Crippen LogP contribution in [-0.4, -0.2) is 47.4 Å². The highest BCUT2D eigenvalue weighted by molar-refractivity contribution is 5.69. The van der Waals surface area contributed by atoms with E-state index < -0.39 is 36.5 Å². The topological polar surface area (TPSA) is 98.3 Å². The van der Waals surface area contributed by atoms with Gasteiger partial charge in [0.2, 0.25) is 11.9 Å². The Bertz CT molecular complexity index is 891. The number of halogens is 6. The Kier molecular flexibility index (Phi) is 7.83. The van der Waals surface area contributed by atoms with Gasteiger partial charge in [0.1, 0.15) is 0 Å². The Balaban J connectivity index is 2.19. The highest BCUT2D eigenvalue weighted by atomic mass is 19.4. The van der Waals surface area contributed by atoms with E-state index in [4.69, 9.17) is 0 Å². The fourth-order valence-electron chi connectivity index (χ4n) is 2.14. The van der Waals surface area contributed by atoms with E-state index in [-0.39, 0.29) is 30.5 Å². The van der Waals surface area contributed by atoms with Gasteiger partial charge in [0.05, 0.1) is 12.7 Å². The van der Waals surface area contributed by atoms with Gasteiger partial charge in [-0.05, 0) is 24.6 Å². The van der Waals surface area contributed by atoms with Gasteiger partial charge in [0.25, 0.3) is 0 Å². The van der Waals surface area contributed by atoms with Gasteiger partial charge in [-0.15, -0.1) is 0 Å². The predicted octanol–water partition coefficient (Wildman–Crippen LogP) is 3.94.